The highest BCUT2D eigenvalue weighted by atomic mass is 16.5. The molecule has 0 amide bonds. The molecule has 1 fully saturated rings. The minimum Gasteiger partial charge on any atom is -0.872 e. The van der Waals surface area contributed by atoms with Gasteiger partial charge in [-0.25, -0.2) is 0 Å². The van der Waals surface area contributed by atoms with Gasteiger partial charge in [0.05, 0.1) is 25.9 Å². The van der Waals surface area contributed by atoms with E-state index in [1.807, 2.05) is 30.3 Å². The lowest BCUT2D eigenvalue weighted by Gasteiger charge is -2.26. The molecule has 0 radical (unpaired) electrons. The quantitative estimate of drug-likeness (QED) is 0.777. The summed E-state index contributed by atoms with van der Waals surface area (Å²) in [4.78, 5) is 14.0. The number of quaternary nitrogens is 1. The van der Waals surface area contributed by atoms with Crippen LogP contribution in [-0.2, 0) is 11.3 Å². The first kappa shape index (κ1) is 19.2. The van der Waals surface area contributed by atoms with Crippen LogP contribution in [-0.4, -0.2) is 39.2 Å². The Morgan fingerprint density at radius 2 is 1.97 bits per heavy atom. The SMILES string of the molecule is COc1ccccc1C=CC=C1Oc2c(ccc([O-])c2C[NH+]2CCOCC2)C1=O. The number of Topliss-reactive ketones (excluding diaryl/α,β-unsaturated/α-hetero) is 1. The molecule has 2 heterocycles. The molecule has 0 aliphatic carbocycles. The van der Waals surface area contributed by atoms with Gasteiger partial charge in [0.15, 0.2) is 5.76 Å². The molecule has 150 valence electrons. The second-order valence-corrected chi connectivity index (χ2v) is 7.02. The van der Waals surface area contributed by atoms with Crippen molar-refractivity contribution in [2.75, 3.05) is 33.4 Å². The Labute approximate surface area is 169 Å². The van der Waals surface area contributed by atoms with Crippen molar-refractivity contribution in [3.8, 4) is 17.2 Å². The second-order valence-electron chi connectivity index (χ2n) is 7.02. The lowest BCUT2D eigenvalue weighted by Crippen LogP contribution is -3.12. The number of fused-ring (bicyclic) bond motifs is 1. The molecule has 4 rings (SSSR count). The molecule has 1 saturated heterocycles. The molecular weight excluding hydrogens is 370 g/mol. The molecule has 0 bridgehead atoms. The lowest BCUT2D eigenvalue weighted by atomic mass is 10.0. The summed E-state index contributed by atoms with van der Waals surface area (Å²) in [6, 6.07) is 10.6. The van der Waals surface area contributed by atoms with E-state index in [0.717, 1.165) is 24.4 Å². The highest BCUT2D eigenvalue weighted by Gasteiger charge is 2.31. The van der Waals surface area contributed by atoms with Gasteiger partial charge in [0.2, 0.25) is 5.78 Å². The first-order valence-electron chi connectivity index (χ1n) is 9.65. The Hall–Kier alpha value is -3.09. The third-order valence-corrected chi connectivity index (χ3v) is 5.19. The van der Waals surface area contributed by atoms with Gasteiger partial charge in [-0.1, -0.05) is 42.2 Å². The summed E-state index contributed by atoms with van der Waals surface area (Å²) in [7, 11) is 1.61. The first-order valence-corrected chi connectivity index (χ1v) is 9.65. The fraction of sp³-hybridized carbons (Fsp3) is 0.261. The molecule has 2 aliphatic heterocycles. The molecule has 29 heavy (non-hydrogen) atoms. The van der Waals surface area contributed by atoms with Crippen LogP contribution in [0.4, 0.5) is 0 Å². The number of benzene rings is 2. The maximum atomic E-state index is 12.7. The predicted molar refractivity (Wildman–Crippen MR) is 106 cm³/mol. The number of para-hydroxylation sites is 1. The summed E-state index contributed by atoms with van der Waals surface area (Å²) in [5.74, 6) is 1.06. The van der Waals surface area contributed by atoms with E-state index in [1.54, 1.807) is 25.3 Å². The number of hydrogen-bond acceptors (Lipinski definition) is 5. The van der Waals surface area contributed by atoms with E-state index in [-0.39, 0.29) is 17.3 Å². The van der Waals surface area contributed by atoms with E-state index < -0.39 is 0 Å². The van der Waals surface area contributed by atoms with Gasteiger partial charge >= 0.3 is 0 Å². The molecule has 2 aromatic carbocycles. The first-order chi connectivity index (χ1) is 14.2. The Morgan fingerprint density at radius 1 is 1.17 bits per heavy atom. The third kappa shape index (κ3) is 4.04. The van der Waals surface area contributed by atoms with E-state index in [0.29, 0.717) is 36.6 Å². The maximum Gasteiger partial charge on any atom is 0.231 e. The van der Waals surface area contributed by atoms with Gasteiger partial charge in [-0.2, -0.15) is 0 Å². The number of ether oxygens (including phenoxy) is 3. The monoisotopic (exact) mass is 393 g/mol. The van der Waals surface area contributed by atoms with Crippen LogP contribution in [0.3, 0.4) is 0 Å². The van der Waals surface area contributed by atoms with Gasteiger partial charge in [0, 0.05) is 11.1 Å². The molecule has 0 aromatic heterocycles. The van der Waals surface area contributed by atoms with Gasteiger partial charge < -0.3 is 24.2 Å². The molecule has 0 saturated carbocycles. The molecule has 6 nitrogen and oxygen atoms in total. The number of hydrogen-bond donors (Lipinski definition) is 1. The fourth-order valence-electron chi connectivity index (χ4n) is 3.60. The number of carbonyl (C=O) groups excluding carboxylic acids is 1. The highest BCUT2D eigenvalue weighted by Crippen LogP contribution is 2.37. The van der Waals surface area contributed by atoms with Gasteiger partial charge in [-0.15, -0.1) is 0 Å². The van der Waals surface area contributed by atoms with Crippen LogP contribution in [0.25, 0.3) is 6.08 Å². The van der Waals surface area contributed by atoms with Gasteiger partial charge in [0.1, 0.15) is 31.1 Å². The van der Waals surface area contributed by atoms with Crippen LogP contribution in [0.15, 0.2) is 54.3 Å². The van der Waals surface area contributed by atoms with Gasteiger partial charge in [-0.05, 0) is 18.2 Å². The number of methoxy groups -OCH3 is 1. The number of allylic oxidation sites excluding steroid dienone is 3. The van der Waals surface area contributed by atoms with Crippen molar-refractivity contribution < 1.29 is 29.0 Å². The maximum absolute atomic E-state index is 12.7. The molecule has 0 atom stereocenters. The van der Waals surface area contributed by atoms with Crippen molar-refractivity contribution in [2.45, 2.75) is 6.54 Å². The van der Waals surface area contributed by atoms with Gasteiger partial charge in [0.25, 0.3) is 0 Å². The number of nitrogens with one attached hydrogen (secondary N) is 1. The average molecular weight is 393 g/mol. The summed E-state index contributed by atoms with van der Waals surface area (Å²) in [6.07, 6.45) is 5.23. The van der Waals surface area contributed by atoms with E-state index in [2.05, 4.69) is 0 Å². The van der Waals surface area contributed by atoms with Crippen molar-refractivity contribution in [2.24, 2.45) is 0 Å². The van der Waals surface area contributed by atoms with E-state index in [4.69, 9.17) is 14.2 Å². The minimum absolute atomic E-state index is 0.0960. The van der Waals surface area contributed by atoms with E-state index >= 15 is 0 Å². The second kappa shape index (κ2) is 8.51. The molecule has 6 heteroatoms. The van der Waals surface area contributed by atoms with Crippen molar-refractivity contribution in [3.63, 3.8) is 0 Å². The largest absolute Gasteiger partial charge is 0.872 e. The lowest BCUT2D eigenvalue weighted by molar-refractivity contribution is -0.921. The smallest absolute Gasteiger partial charge is 0.231 e. The summed E-state index contributed by atoms with van der Waals surface area (Å²) < 4.78 is 16.6. The van der Waals surface area contributed by atoms with Crippen LogP contribution in [0.5, 0.6) is 17.2 Å². The summed E-state index contributed by atoms with van der Waals surface area (Å²) in [5.41, 5.74) is 1.90. The third-order valence-electron chi connectivity index (χ3n) is 5.19. The minimum atomic E-state index is -0.206. The van der Waals surface area contributed by atoms with Crippen molar-refractivity contribution >= 4 is 11.9 Å². The molecular formula is C23H23NO5. The predicted octanol–water partition coefficient (Wildman–Crippen LogP) is 1.36. The van der Waals surface area contributed by atoms with Crippen molar-refractivity contribution in [3.05, 3.63) is 71.0 Å². The van der Waals surface area contributed by atoms with Crippen LogP contribution >= 0.6 is 0 Å². The topological polar surface area (TPSA) is 72.3 Å². The fourth-order valence-corrected chi connectivity index (χ4v) is 3.60. The summed E-state index contributed by atoms with van der Waals surface area (Å²) in [5, 5.41) is 12.5. The summed E-state index contributed by atoms with van der Waals surface area (Å²) >= 11 is 0. The Morgan fingerprint density at radius 3 is 2.76 bits per heavy atom. The van der Waals surface area contributed by atoms with Crippen LogP contribution in [0, 0.1) is 0 Å². The summed E-state index contributed by atoms with van der Waals surface area (Å²) in [6.45, 7) is 3.56. The van der Waals surface area contributed by atoms with Gasteiger partial charge in [-0.3, -0.25) is 4.79 Å². The highest BCUT2D eigenvalue weighted by molar-refractivity contribution is 6.12. The van der Waals surface area contributed by atoms with Crippen LogP contribution in [0.1, 0.15) is 21.5 Å². The molecule has 0 spiro atoms. The molecule has 0 unspecified atom stereocenters. The molecule has 2 aromatic rings. The Kier molecular flexibility index (Phi) is 5.64. The number of ketones is 1. The zero-order chi connectivity index (χ0) is 20.2. The standard InChI is InChI=1S/C23H23NO5/c1-27-20-7-3-2-5-16(20)6-4-8-21-22(26)17-9-10-19(25)18(23(17)29-21)15-24-11-13-28-14-12-24/h2-10,25H,11-15H2,1H3. The number of carbonyl (C=O) groups is 1. The zero-order valence-corrected chi connectivity index (χ0v) is 16.3. The normalized spacial score (nSPS) is 18.2. The van der Waals surface area contributed by atoms with Crippen LogP contribution < -0.4 is 19.5 Å². The number of morpholine rings is 1. The van der Waals surface area contributed by atoms with E-state index in [9.17, 15) is 9.90 Å². The molecule has 1 N–H and O–H groups in total. The Balaban J connectivity index is 1.57. The van der Waals surface area contributed by atoms with Crippen molar-refractivity contribution in [1.29, 1.82) is 0 Å². The average Bonchev–Trinajstić information content (AvgIpc) is 3.07. The molecule has 2 aliphatic rings. The van der Waals surface area contributed by atoms with Crippen molar-refractivity contribution in [1.82, 2.24) is 0 Å². The Bertz CT molecular complexity index is 973. The number of rotatable bonds is 5. The zero-order valence-electron chi connectivity index (χ0n) is 16.3. The van der Waals surface area contributed by atoms with E-state index in [1.165, 1.54) is 11.0 Å². The van der Waals surface area contributed by atoms with Crippen LogP contribution in [0.2, 0.25) is 0 Å².